The van der Waals surface area contributed by atoms with E-state index >= 15 is 0 Å². The van der Waals surface area contributed by atoms with Gasteiger partial charge in [0.2, 0.25) is 0 Å². The first-order valence-corrected chi connectivity index (χ1v) is 12.9. The lowest BCUT2D eigenvalue weighted by Gasteiger charge is -2.22. The van der Waals surface area contributed by atoms with Crippen LogP contribution >= 0.6 is 7.60 Å². The molecule has 1 saturated heterocycles. The van der Waals surface area contributed by atoms with Crippen LogP contribution in [0.4, 0.5) is 5.82 Å². The monoisotopic (exact) mass is 481 g/mol. The van der Waals surface area contributed by atoms with Crippen molar-refractivity contribution >= 4 is 23.3 Å². The Morgan fingerprint density at radius 1 is 1.26 bits per heavy atom. The highest BCUT2D eigenvalue weighted by Gasteiger charge is 2.43. The highest BCUT2D eigenvalue weighted by Crippen LogP contribution is 2.51. The molecule has 31 heavy (non-hydrogen) atoms. The zero-order valence-electron chi connectivity index (χ0n) is 17.6. The summed E-state index contributed by atoms with van der Waals surface area (Å²) in [7, 11) is -8.09. The molecule has 0 unspecified atom stereocenters. The summed E-state index contributed by atoms with van der Waals surface area (Å²) >= 11 is 0. The first-order chi connectivity index (χ1) is 14.2. The van der Waals surface area contributed by atoms with Crippen molar-refractivity contribution in [2.24, 2.45) is 0 Å². The van der Waals surface area contributed by atoms with Gasteiger partial charge in [-0.15, -0.1) is 0 Å². The molecule has 14 heteroatoms. The van der Waals surface area contributed by atoms with Crippen molar-refractivity contribution in [2.45, 2.75) is 64.4 Å². The number of hydrogen-bond donors (Lipinski definition) is 3. The summed E-state index contributed by atoms with van der Waals surface area (Å²) in [4.78, 5) is 15.5. The molecule has 0 bridgehead atoms. The molecule has 0 aromatic carbocycles. The largest absolute Gasteiger partial charge is 0.387 e. The van der Waals surface area contributed by atoms with Crippen molar-refractivity contribution in [1.29, 1.82) is 0 Å². The summed E-state index contributed by atoms with van der Waals surface area (Å²) in [5.41, 5.74) is 3.70. The van der Waals surface area contributed by atoms with Crippen molar-refractivity contribution in [1.82, 2.24) is 9.55 Å². The number of sulfone groups is 1. The second-order valence-electron chi connectivity index (χ2n) is 7.55. The molecule has 0 aliphatic carbocycles. The third kappa shape index (κ3) is 6.94. The van der Waals surface area contributed by atoms with Gasteiger partial charge in [-0.1, -0.05) is 0 Å². The molecule has 2 heterocycles. The molecular weight excluding hydrogens is 453 g/mol. The summed E-state index contributed by atoms with van der Waals surface area (Å²) in [5.74, 6) is -0.0338. The number of nitrogen functional groups attached to an aromatic ring is 1. The van der Waals surface area contributed by atoms with E-state index < -0.39 is 65.4 Å². The van der Waals surface area contributed by atoms with E-state index in [1.54, 1.807) is 27.7 Å². The molecule has 1 aromatic rings. The van der Waals surface area contributed by atoms with Gasteiger partial charge in [-0.25, -0.2) is 13.2 Å². The number of rotatable bonds is 9. The minimum absolute atomic E-state index is 0.0338. The quantitative estimate of drug-likeness (QED) is 0.415. The minimum atomic E-state index is -4.12. The Bertz CT molecular complexity index is 994. The maximum atomic E-state index is 12.8. The number of nitrogens with zero attached hydrogens (tertiary/aromatic N) is 2. The topological polar surface area (TPSA) is 180 Å². The second kappa shape index (κ2) is 9.90. The Hall–Kier alpha value is -1.60. The van der Waals surface area contributed by atoms with Gasteiger partial charge in [0.15, 0.2) is 21.6 Å². The molecule has 0 spiro atoms. The normalized spacial score (nSPS) is 25.2. The number of ether oxygens (including phenoxy) is 1. The smallest absolute Gasteiger partial charge is 0.351 e. The van der Waals surface area contributed by atoms with Gasteiger partial charge < -0.3 is 29.7 Å². The molecule has 1 aromatic heterocycles. The van der Waals surface area contributed by atoms with Crippen molar-refractivity contribution in [3.8, 4) is 0 Å². The Kier molecular flexibility index (Phi) is 8.20. The number of aliphatic hydroxyl groups is 2. The maximum absolute atomic E-state index is 12.8. The number of aliphatic hydroxyl groups excluding tert-OH is 2. The highest BCUT2D eigenvalue weighted by molar-refractivity contribution is 8.00. The average Bonchev–Trinajstić information content (AvgIpc) is 2.86. The summed E-state index contributed by atoms with van der Waals surface area (Å²) in [6.07, 6.45) is -4.50. The van der Waals surface area contributed by atoms with Gasteiger partial charge >= 0.3 is 13.3 Å². The molecule has 2 rings (SSSR count). The van der Waals surface area contributed by atoms with E-state index in [4.69, 9.17) is 19.5 Å². The van der Waals surface area contributed by atoms with E-state index in [1.807, 2.05) is 0 Å². The number of hydrogen-bond acceptors (Lipinski definition) is 11. The Labute approximate surface area is 180 Å². The van der Waals surface area contributed by atoms with Gasteiger partial charge in [0.1, 0.15) is 24.1 Å². The van der Waals surface area contributed by atoms with E-state index in [2.05, 4.69) is 4.98 Å². The molecule has 1 aliphatic heterocycles. The molecule has 4 atom stereocenters. The second-order valence-corrected chi connectivity index (χ2v) is 11.8. The number of aromatic nitrogens is 2. The van der Waals surface area contributed by atoms with E-state index in [1.165, 1.54) is 12.3 Å². The van der Waals surface area contributed by atoms with Crippen LogP contribution in [0, 0.1) is 0 Å². The van der Waals surface area contributed by atoms with Crippen LogP contribution in [0.3, 0.4) is 0 Å². The van der Waals surface area contributed by atoms with Gasteiger partial charge in [0, 0.05) is 11.6 Å². The van der Waals surface area contributed by atoms with Gasteiger partial charge in [0.25, 0.3) is 0 Å². The molecule has 1 fully saturated rings. The standard InChI is InChI=1S/C17H28N3O9PS/c1-10(2)28-30(24,29-11(3)4)9-31(25,26)8-6-12-14(21)15(22)16(27-12)20-7-5-13(18)19-17(20)23/h5-8,10-12,14-16,21-22H,9H2,1-4H3,(H2,18,19,23)/b8-6+/t12-,14-,15-,16-/m1/s1. The van der Waals surface area contributed by atoms with Crippen LogP contribution in [-0.2, 0) is 28.2 Å². The van der Waals surface area contributed by atoms with Gasteiger partial charge in [-0.3, -0.25) is 9.13 Å². The Balaban J connectivity index is 2.19. The molecule has 0 radical (unpaired) electrons. The van der Waals surface area contributed by atoms with Crippen molar-refractivity contribution < 1.29 is 37.0 Å². The zero-order valence-corrected chi connectivity index (χ0v) is 19.3. The zero-order chi connectivity index (χ0) is 23.6. The predicted octanol–water partition coefficient (Wildman–Crippen LogP) is 0.374. The van der Waals surface area contributed by atoms with E-state index in [-0.39, 0.29) is 5.82 Å². The van der Waals surface area contributed by atoms with Crippen LogP contribution in [-0.4, -0.2) is 64.2 Å². The average molecular weight is 481 g/mol. The Morgan fingerprint density at radius 3 is 2.35 bits per heavy atom. The van der Waals surface area contributed by atoms with Crippen LogP contribution in [0.1, 0.15) is 33.9 Å². The fraction of sp³-hybridized carbons (Fsp3) is 0.647. The van der Waals surface area contributed by atoms with Gasteiger partial charge in [-0.05, 0) is 39.8 Å². The lowest BCUT2D eigenvalue weighted by molar-refractivity contribution is -0.0295. The number of anilines is 1. The molecule has 12 nitrogen and oxygen atoms in total. The Morgan fingerprint density at radius 2 is 1.84 bits per heavy atom. The van der Waals surface area contributed by atoms with Crippen LogP contribution in [0.5, 0.6) is 0 Å². The lowest BCUT2D eigenvalue weighted by atomic mass is 10.1. The van der Waals surface area contributed by atoms with Crippen molar-refractivity contribution in [2.75, 3.05) is 11.2 Å². The van der Waals surface area contributed by atoms with Crippen molar-refractivity contribution in [3.63, 3.8) is 0 Å². The maximum Gasteiger partial charge on any atom is 0.351 e. The van der Waals surface area contributed by atoms with Gasteiger partial charge in [-0.2, -0.15) is 4.98 Å². The summed E-state index contributed by atoms with van der Waals surface area (Å²) in [6, 6.07) is 1.30. The molecule has 1 aliphatic rings. The predicted molar refractivity (Wildman–Crippen MR) is 112 cm³/mol. The first kappa shape index (κ1) is 25.7. The molecule has 4 N–H and O–H groups in total. The van der Waals surface area contributed by atoms with Crippen LogP contribution in [0.25, 0.3) is 0 Å². The van der Waals surface area contributed by atoms with Crippen molar-refractivity contribution in [3.05, 3.63) is 34.2 Å². The fourth-order valence-corrected chi connectivity index (χ4v) is 7.21. The lowest BCUT2D eigenvalue weighted by Crippen LogP contribution is -2.35. The first-order valence-electron chi connectivity index (χ1n) is 9.46. The minimum Gasteiger partial charge on any atom is -0.387 e. The SMILES string of the molecule is CC(C)OP(=O)(CS(=O)(=O)/C=C/[C@H]1O[C@@H](n2ccc(N)nc2=O)[C@H](O)[C@@H]1O)OC(C)C. The third-order valence-corrected chi connectivity index (χ3v) is 8.72. The molecule has 0 amide bonds. The van der Waals surface area contributed by atoms with Crippen LogP contribution in [0.2, 0.25) is 0 Å². The summed E-state index contributed by atoms with van der Waals surface area (Å²) < 4.78 is 54.7. The summed E-state index contributed by atoms with van der Waals surface area (Å²) in [6.45, 7) is 6.38. The van der Waals surface area contributed by atoms with Gasteiger partial charge in [0.05, 0.1) is 12.2 Å². The van der Waals surface area contributed by atoms with Crippen LogP contribution < -0.4 is 11.4 Å². The molecule has 0 saturated carbocycles. The number of nitrogens with two attached hydrogens (primary N) is 1. The fourth-order valence-electron chi connectivity index (χ4n) is 2.88. The molecular formula is C17H28N3O9PS. The van der Waals surface area contributed by atoms with E-state index in [9.17, 15) is 28.0 Å². The third-order valence-electron chi connectivity index (χ3n) is 3.96. The van der Waals surface area contributed by atoms with E-state index in [0.717, 1.165) is 10.6 Å². The highest BCUT2D eigenvalue weighted by atomic mass is 32.2. The van der Waals surface area contributed by atoms with Crippen LogP contribution in [0.15, 0.2) is 28.5 Å². The molecule has 176 valence electrons. The summed E-state index contributed by atoms with van der Waals surface area (Å²) in [5, 5.41) is 21.2. The van der Waals surface area contributed by atoms with E-state index in [0.29, 0.717) is 5.41 Å².